The van der Waals surface area contributed by atoms with E-state index in [4.69, 9.17) is 16.3 Å². The van der Waals surface area contributed by atoms with Crippen molar-refractivity contribution in [2.45, 2.75) is 24.2 Å². The first-order valence-corrected chi connectivity index (χ1v) is 12.8. The zero-order chi connectivity index (χ0) is 23.6. The SMILES string of the molecule is Cc1nsc(NS(=O)(=O)c2cc(F)c(OCC3CNCC[C@H]3c3ccc(Cl)cc3)cc2F)n1. The average Bonchev–Trinajstić information content (AvgIpc) is 3.18. The molecule has 0 radical (unpaired) electrons. The number of benzene rings is 2. The van der Waals surface area contributed by atoms with E-state index in [0.717, 1.165) is 36.1 Å². The van der Waals surface area contributed by atoms with E-state index in [1.165, 1.54) is 0 Å². The molecule has 0 spiro atoms. The molecule has 2 aromatic carbocycles. The third-order valence-corrected chi connectivity index (χ3v) is 7.84. The summed E-state index contributed by atoms with van der Waals surface area (Å²) in [5.74, 6) is -1.92. The minimum Gasteiger partial charge on any atom is -0.490 e. The number of sulfonamides is 1. The van der Waals surface area contributed by atoms with Crippen molar-refractivity contribution in [2.24, 2.45) is 5.92 Å². The van der Waals surface area contributed by atoms with Gasteiger partial charge < -0.3 is 10.1 Å². The second-order valence-corrected chi connectivity index (χ2v) is 10.5. The van der Waals surface area contributed by atoms with E-state index in [-0.39, 0.29) is 29.3 Å². The summed E-state index contributed by atoms with van der Waals surface area (Å²) in [4.78, 5) is 3.04. The predicted octanol–water partition coefficient (Wildman–Crippen LogP) is 4.35. The molecule has 4 rings (SSSR count). The highest BCUT2D eigenvalue weighted by Crippen LogP contribution is 2.33. The van der Waals surface area contributed by atoms with Crippen LogP contribution in [0.4, 0.5) is 13.9 Å². The molecule has 33 heavy (non-hydrogen) atoms. The predicted molar refractivity (Wildman–Crippen MR) is 122 cm³/mol. The molecule has 0 bridgehead atoms. The van der Waals surface area contributed by atoms with Crippen LogP contribution < -0.4 is 14.8 Å². The molecule has 176 valence electrons. The van der Waals surface area contributed by atoms with Crippen LogP contribution in [0.2, 0.25) is 5.02 Å². The normalized spacial score (nSPS) is 18.8. The molecule has 0 saturated carbocycles. The Labute approximate surface area is 199 Å². The van der Waals surface area contributed by atoms with Crippen LogP contribution in [0, 0.1) is 24.5 Å². The third kappa shape index (κ3) is 5.60. The molecule has 1 aromatic heterocycles. The molecule has 1 aliphatic heterocycles. The van der Waals surface area contributed by atoms with Gasteiger partial charge in [0.25, 0.3) is 10.0 Å². The van der Waals surface area contributed by atoms with E-state index in [9.17, 15) is 17.2 Å². The quantitative estimate of drug-likeness (QED) is 0.487. The molecule has 1 aliphatic rings. The molecule has 1 saturated heterocycles. The molecule has 2 N–H and O–H groups in total. The van der Waals surface area contributed by atoms with Crippen LogP contribution in [-0.4, -0.2) is 37.5 Å². The maximum atomic E-state index is 14.7. The highest BCUT2D eigenvalue weighted by molar-refractivity contribution is 7.93. The third-order valence-electron chi connectivity index (χ3n) is 5.38. The van der Waals surface area contributed by atoms with Crippen LogP contribution in [0.5, 0.6) is 5.75 Å². The lowest BCUT2D eigenvalue weighted by atomic mass is 9.81. The number of nitrogens with one attached hydrogen (secondary N) is 2. The Morgan fingerprint density at radius 3 is 2.70 bits per heavy atom. The van der Waals surface area contributed by atoms with E-state index >= 15 is 0 Å². The van der Waals surface area contributed by atoms with Crippen LogP contribution in [0.25, 0.3) is 0 Å². The molecular weight excluding hydrogens is 494 g/mol. The number of ether oxygens (including phenoxy) is 1. The first kappa shape index (κ1) is 23.8. The van der Waals surface area contributed by atoms with Crippen molar-refractivity contribution >= 4 is 38.3 Å². The number of halogens is 3. The van der Waals surface area contributed by atoms with Gasteiger partial charge in [-0.3, -0.25) is 4.72 Å². The highest BCUT2D eigenvalue weighted by Gasteiger charge is 2.28. The fourth-order valence-electron chi connectivity index (χ4n) is 3.78. The van der Waals surface area contributed by atoms with Gasteiger partial charge in [0, 0.05) is 41.2 Å². The van der Waals surface area contributed by atoms with Gasteiger partial charge in [-0.05, 0) is 43.5 Å². The Morgan fingerprint density at radius 2 is 2.00 bits per heavy atom. The molecule has 0 amide bonds. The van der Waals surface area contributed by atoms with Crippen LogP contribution in [-0.2, 0) is 10.0 Å². The summed E-state index contributed by atoms with van der Waals surface area (Å²) in [5.41, 5.74) is 1.10. The van der Waals surface area contributed by atoms with Crippen molar-refractivity contribution in [3.05, 3.63) is 64.4 Å². The number of hydrogen-bond acceptors (Lipinski definition) is 7. The summed E-state index contributed by atoms with van der Waals surface area (Å²) in [6.45, 7) is 3.20. The minimum atomic E-state index is -4.39. The van der Waals surface area contributed by atoms with Crippen LogP contribution in [0.1, 0.15) is 23.7 Å². The van der Waals surface area contributed by atoms with Gasteiger partial charge in [-0.25, -0.2) is 22.2 Å². The van der Waals surface area contributed by atoms with Gasteiger partial charge in [-0.1, -0.05) is 23.7 Å². The maximum absolute atomic E-state index is 14.7. The lowest BCUT2D eigenvalue weighted by molar-refractivity contribution is 0.190. The van der Waals surface area contributed by atoms with Crippen molar-refractivity contribution in [2.75, 3.05) is 24.4 Å². The number of anilines is 1. The maximum Gasteiger partial charge on any atom is 0.266 e. The molecule has 2 atom stereocenters. The number of piperidine rings is 1. The monoisotopic (exact) mass is 514 g/mol. The van der Waals surface area contributed by atoms with Crippen molar-refractivity contribution < 1.29 is 21.9 Å². The molecule has 1 fully saturated rings. The van der Waals surface area contributed by atoms with Crippen molar-refractivity contribution in [1.29, 1.82) is 0 Å². The van der Waals surface area contributed by atoms with Crippen LogP contribution in [0.15, 0.2) is 41.3 Å². The topological polar surface area (TPSA) is 93.2 Å². The molecule has 7 nitrogen and oxygen atoms in total. The van der Waals surface area contributed by atoms with Crippen LogP contribution in [0.3, 0.4) is 0 Å². The summed E-state index contributed by atoms with van der Waals surface area (Å²) in [6, 6.07) is 8.92. The van der Waals surface area contributed by atoms with E-state index in [0.29, 0.717) is 23.5 Å². The summed E-state index contributed by atoms with van der Waals surface area (Å²) >= 11 is 6.79. The first-order chi connectivity index (χ1) is 15.7. The largest absolute Gasteiger partial charge is 0.490 e. The van der Waals surface area contributed by atoms with Gasteiger partial charge in [-0.15, -0.1) is 0 Å². The Morgan fingerprint density at radius 1 is 1.24 bits per heavy atom. The van der Waals surface area contributed by atoms with Gasteiger partial charge in [0.1, 0.15) is 16.5 Å². The van der Waals surface area contributed by atoms with E-state index in [1.54, 1.807) is 6.92 Å². The second-order valence-electron chi connectivity index (χ2n) is 7.69. The van der Waals surface area contributed by atoms with Gasteiger partial charge in [-0.2, -0.15) is 4.37 Å². The fourth-order valence-corrected chi connectivity index (χ4v) is 5.78. The van der Waals surface area contributed by atoms with Crippen molar-refractivity contribution in [1.82, 2.24) is 14.7 Å². The fraction of sp³-hybridized carbons (Fsp3) is 0.333. The summed E-state index contributed by atoms with van der Waals surface area (Å²) in [7, 11) is -4.39. The van der Waals surface area contributed by atoms with Crippen molar-refractivity contribution in [3.63, 3.8) is 0 Å². The first-order valence-electron chi connectivity index (χ1n) is 10.1. The van der Waals surface area contributed by atoms with E-state index in [1.807, 2.05) is 24.3 Å². The minimum absolute atomic E-state index is 0.00750. The number of aryl methyl sites for hydroxylation is 1. The Kier molecular flexibility index (Phi) is 7.13. The highest BCUT2D eigenvalue weighted by atomic mass is 35.5. The zero-order valence-corrected chi connectivity index (χ0v) is 19.9. The smallest absolute Gasteiger partial charge is 0.266 e. The second kappa shape index (κ2) is 9.88. The Balaban J connectivity index is 1.49. The number of aromatic nitrogens is 2. The molecule has 2 heterocycles. The van der Waals surface area contributed by atoms with Gasteiger partial charge in [0.2, 0.25) is 5.13 Å². The summed E-state index contributed by atoms with van der Waals surface area (Å²) in [6.07, 6.45) is 0.862. The lowest BCUT2D eigenvalue weighted by Gasteiger charge is -2.32. The number of hydrogen-bond donors (Lipinski definition) is 2. The number of rotatable bonds is 7. The van der Waals surface area contributed by atoms with Gasteiger partial charge >= 0.3 is 0 Å². The summed E-state index contributed by atoms with van der Waals surface area (Å²) < 4.78 is 65.9. The van der Waals surface area contributed by atoms with Crippen LogP contribution >= 0.6 is 23.1 Å². The lowest BCUT2D eigenvalue weighted by Crippen LogP contribution is -2.38. The molecular formula is C21H21ClF2N4O3S2. The van der Waals surface area contributed by atoms with Crippen molar-refractivity contribution in [3.8, 4) is 5.75 Å². The van der Waals surface area contributed by atoms with E-state index in [2.05, 4.69) is 19.4 Å². The van der Waals surface area contributed by atoms with E-state index < -0.39 is 26.6 Å². The number of nitrogens with zero attached hydrogens (tertiary/aromatic N) is 2. The van der Waals surface area contributed by atoms with Gasteiger partial charge in [0.15, 0.2) is 11.6 Å². The Hall–Kier alpha value is -2.34. The molecule has 0 aliphatic carbocycles. The molecule has 3 aromatic rings. The summed E-state index contributed by atoms with van der Waals surface area (Å²) in [5, 5.41) is 3.90. The standard InChI is InChI=1S/C21H21ClF2N4O3S2/c1-12-26-21(32-27-12)28-33(29,30)20-9-17(23)19(8-18(20)24)31-11-14-10-25-7-6-16(14)13-2-4-15(22)5-3-13/h2-5,8-9,14,16,25H,6-7,10-11H2,1H3,(H,26,27,28)/t14?,16-/m0/s1. The van der Waals surface area contributed by atoms with Gasteiger partial charge in [0.05, 0.1) is 6.61 Å². The molecule has 1 unspecified atom stereocenters. The average molecular weight is 515 g/mol. The zero-order valence-electron chi connectivity index (χ0n) is 17.5. The Bertz CT molecular complexity index is 1240. The molecule has 12 heteroatoms.